The molecule has 0 amide bonds. The number of rotatable bonds is 0. The Morgan fingerprint density at radius 1 is 1.00 bits per heavy atom. The van der Waals surface area contributed by atoms with E-state index < -0.39 is 0 Å². The molecule has 0 spiro atoms. The summed E-state index contributed by atoms with van der Waals surface area (Å²) in [5.41, 5.74) is 6.07. The number of hydrogen-bond donors (Lipinski definition) is 0. The van der Waals surface area contributed by atoms with Crippen LogP contribution >= 0.6 is 0 Å². The van der Waals surface area contributed by atoms with Crippen molar-refractivity contribution < 1.29 is 0 Å². The minimum absolute atomic E-state index is 0.639. The Balaban J connectivity index is 1.85. The summed E-state index contributed by atoms with van der Waals surface area (Å²) in [4.78, 5) is 0. The summed E-state index contributed by atoms with van der Waals surface area (Å²) in [6.07, 6.45) is 15.0. The van der Waals surface area contributed by atoms with Crippen molar-refractivity contribution in [1.29, 1.82) is 0 Å². The molecule has 1 fully saturated rings. The monoisotopic (exact) mass is 234 g/mol. The first-order valence-electron chi connectivity index (χ1n) is 7.12. The van der Waals surface area contributed by atoms with Crippen molar-refractivity contribution in [3.63, 3.8) is 0 Å². The lowest BCUT2D eigenvalue weighted by molar-refractivity contribution is 0.408. The average molecular weight is 234 g/mol. The van der Waals surface area contributed by atoms with Crippen molar-refractivity contribution in [1.82, 2.24) is 0 Å². The molecule has 2 atom stereocenters. The molecule has 0 aromatic heterocycles. The van der Waals surface area contributed by atoms with Gasteiger partial charge in [-0.2, -0.15) is 0 Å². The number of benzene rings is 1. The van der Waals surface area contributed by atoms with Crippen molar-refractivity contribution in [3.8, 4) is 0 Å². The van der Waals surface area contributed by atoms with Crippen LogP contribution in [0.3, 0.4) is 0 Å². The lowest BCUT2D eigenvalue weighted by Gasteiger charge is -2.37. The van der Waals surface area contributed by atoms with Gasteiger partial charge in [-0.15, -0.1) is 0 Å². The molecule has 3 aliphatic carbocycles. The zero-order valence-electron chi connectivity index (χ0n) is 10.6. The molecule has 3 aliphatic rings. The number of fused-ring (bicyclic) bond motifs is 5. The lowest BCUT2D eigenvalue weighted by Crippen LogP contribution is -2.24. The van der Waals surface area contributed by atoms with Crippen LogP contribution in [0.25, 0.3) is 11.6 Å². The second kappa shape index (κ2) is 3.98. The third-order valence-electron chi connectivity index (χ3n) is 4.73. The van der Waals surface area contributed by atoms with E-state index in [4.69, 9.17) is 0 Å². The smallest absolute Gasteiger partial charge is 0.00930 e. The Morgan fingerprint density at radius 3 is 2.94 bits per heavy atom. The minimum atomic E-state index is 0.639. The second-order valence-electron chi connectivity index (χ2n) is 5.69. The van der Waals surface area contributed by atoms with Crippen LogP contribution in [0, 0.1) is 11.8 Å². The summed E-state index contributed by atoms with van der Waals surface area (Å²) in [6, 6.07) is 8.80. The predicted molar refractivity (Wildman–Crippen MR) is 77.0 cm³/mol. The van der Waals surface area contributed by atoms with Gasteiger partial charge in [-0.1, -0.05) is 60.6 Å². The summed E-state index contributed by atoms with van der Waals surface area (Å²) in [6.45, 7) is 0. The Morgan fingerprint density at radius 2 is 1.94 bits per heavy atom. The molecule has 4 rings (SSSR count). The van der Waals surface area contributed by atoms with E-state index in [0.717, 1.165) is 5.92 Å². The molecule has 0 bridgehead atoms. The molecule has 0 N–H and O–H groups in total. The topological polar surface area (TPSA) is 0 Å². The fourth-order valence-electron chi connectivity index (χ4n) is 3.83. The van der Waals surface area contributed by atoms with E-state index in [2.05, 4.69) is 48.6 Å². The van der Waals surface area contributed by atoms with Gasteiger partial charge in [0.15, 0.2) is 0 Å². The maximum Gasteiger partial charge on any atom is 0.00930 e. The zero-order chi connectivity index (χ0) is 11.9. The van der Waals surface area contributed by atoms with Gasteiger partial charge in [-0.05, 0) is 41.9 Å². The van der Waals surface area contributed by atoms with E-state index in [9.17, 15) is 0 Å². The molecular weight excluding hydrogens is 216 g/mol. The molecule has 0 nitrogen and oxygen atoms in total. The molecule has 0 saturated heterocycles. The zero-order valence-corrected chi connectivity index (χ0v) is 10.6. The van der Waals surface area contributed by atoms with Crippen molar-refractivity contribution >= 4 is 11.6 Å². The van der Waals surface area contributed by atoms with Crippen LogP contribution in [0.2, 0.25) is 0 Å². The third-order valence-corrected chi connectivity index (χ3v) is 4.73. The van der Waals surface area contributed by atoms with Crippen molar-refractivity contribution in [3.05, 3.63) is 59.2 Å². The van der Waals surface area contributed by atoms with Gasteiger partial charge >= 0.3 is 0 Å². The van der Waals surface area contributed by atoms with Crippen LogP contribution < -0.4 is 0 Å². The van der Waals surface area contributed by atoms with Crippen LogP contribution in [0.15, 0.2) is 48.1 Å². The van der Waals surface area contributed by atoms with Gasteiger partial charge in [0.1, 0.15) is 0 Å². The summed E-state index contributed by atoms with van der Waals surface area (Å²) in [5.74, 6) is 1.42. The van der Waals surface area contributed by atoms with Crippen LogP contribution in [0.4, 0.5) is 0 Å². The first-order chi connectivity index (χ1) is 8.93. The summed E-state index contributed by atoms with van der Waals surface area (Å²) >= 11 is 0. The van der Waals surface area contributed by atoms with Gasteiger partial charge in [0.2, 0.25) is 0 Å². The van der Waals surface area contributed by atoms with E-state index in [1.165, 1.54) is 36.8 Å². The first kappa shape index (κ1) is 10.4. The molecule has 90 valence electrons. The first-order valence-corrected chi connectivity index (χ1v) is 7.12. The quantitative estimate of drug-likeness (QED) is 0.602. The molecule has 0 heteroatoms. The van der Waals surface area contributed by atoms with E-state index >= 15 is 0 Å². The van der Waals surface area contributed by atoms with Gasteiger partial charge in [-0.25, -0.2) is 0 Å². The maximum absolute atomic E-state index is 2.44. The van der Waals surface area contributed by atoms with Gasteiger partial charge in [-0.3, -0.25) is 0 Å². The molecule has 0 heterocycles. The molecule has 1 saturated carbocycles. The van der Waals surface area contributed by atoms with E-state index in [-0.39, 0.29) is 0 Å². The Bertz CT molecular complexity index is 571. The predicted octanol–water partition coefficient (Wildman–Crippen LogP) is 4.84. The van der Waals surface area contributed by atoms with E-state index in [1.807, 2.05) is 0 Å². The lowest BCUT2D eigenvalue weighted by atomic mass is 9.67. The third kappa shape index (κ3) is 1.45. The Hall–Kier alpha value is -1.56. The van der Waals surface area contributed by atoms with Crippen molar-refractivity contribution in [2.45, 2.75) is 25.7 Å². The van der Waals surface area contributed by atoms with E-state index in [0.29, 0.717) is 5.92 Å². The van der Waals surface area contributed by atoms with Gasteiger partial charge < -0.3 is 0 Å². The molecule has 18 heavy (non-hydrogen) atoms. The SMILES string of the molecule is C1=CC2C(=CC=C3CCCCC32)c2ccccc21. The molecular formula is C18H18. The molecule has 0 radical (unpaired) electrons. The standard InChI is InChI=1S/C18H18/c1-3-7-15-13(5-1)9-11-18-16-8-4-2-6-14(16)10-12-17(15)18/h1,3,5,7,9-12,16,18H,2,4,6,8H2. The highest BCUT2D eigenvalue weighted by atomic mass is 14.4. The normalized spacial score (nSPS) is 28.7. The number of hydrogen-bond acceptors (Lipinski definition) is 0. The average Bonchev–Trinajstić information content (AvgIpc) is 2.46. The highest BCUT2D eigenvalue weighted by Crippen LogP contribution is 2.47. The van der Waals surface area contributed by atoms with Crippen LogP contribution in [0.5, 0.6) is 0 Å². The highest BCUT2D eigenvalue weighted by Gasteiger charge is 2.32. The molecule has 1 aromatic carbocycles. The highest BCUT2D eigenvalue weighted by molar-refractivity contribution is 5.83. The Labute approximate surface area is 109 Å². The Kier molecular flexibility index (Phi) is 2.29. The van der Waals surface area contributed by atoms with Crippen LogP contribution in [-0.4, -0.2) is 0 Å². The van der Waals surface area contributed by atoms with Gasteiger partial charge in [0.05, 0.1) is 0 Å². The van der Waals surface area contributed by atoms with Gasteiger partial charge in [0, 0.05) is 5.92 Å². The maximum atomic E-state index is 2.44. The van der Waals surface area contributed by atoms with Crippen molar-refractivity contribution in [2.75, 3.05) is 0 Å². The summed E-state index contributed by atoms with van der Waals surface area (Å²) in [7, 11) is 0. The molecule has 1 aromatic rings. The van der Waals surface area contributed by atoms with E-state index in [1.54, 1.807) is 11.1 Å². The second-order valence-corrected chi connectivity index (χ2v) is 5.69. The molecule has 0 aliphatic heterocycles. The number of allylic oxidation sites excluding steroid dienone is 5. The van der Waals surface area contributed by atoms with Crippen LogP contribution in [-0.2, 0) is 0 Å². The fraction of sp³-hybridized carbons (Fsp3) is 0.333. The van der Waals surface area contributed by atoms with Crippen molar-refractivity contribution in [2.24, 2.45) is 11.8 Å². The van der Waals surface area contributed by atoms with Crippen LogP contribution in [0.1, 0.15) is 36.8 Å². The minimum Gasteiger partial charge on any atom is -0.0758 e. The summed E-state index contributed by atoms with van der Waals surface area (Å²) < 4.78 is 0. The van der Waals surface area contributed by atoms with Gasteiger partial charge in [0.25, 0.3) is 0 Å². The summed E-state index contributed by atoms with van der Waals surface area (Å²) in [5, 5.41) is 0. The fourth-order valence-corrected chi connectivity index (χ4v) is 3.83. The molecule has 2 unspecified atom stereocenters. The largest absolute Gasteiger partial charge is 0.0758 e.